The molecule has 7 heteroatoms. The van der Waals surface area contributed by atoms with Crippen LogP contribution in [0.3, 0.4) is 0 Å². The first-order chi connectivity index (χ1) is 8.90. The molecule has 1 aliphatic rings. The molecule has 6 nitrogen and oxygen atoms in total. The molecule has 0 amide bonds. The van der Waals surface area contributed by atoms with Crippen LogP contribution in [0, 0.1) is 0 Å². The van der Waals surface area contributed by atoms with Crippen LogP contribution in [-0.2, 0) is 20.6 Å². The average molecular weight is 273 g/mol. The third-order valence-electron chi connectivity index (χ3n) is 2.57. The molecule has 0 aliphatic carbocycles. The summed E-state index contributed by atoms with van der Waals surface area (Å²) >= 11 is 1.60. The Labute approximate surface area is 111 Å². The van der Waals surface area contributed by atoms with E-state index in [1.165, 1.54) is 0 Å². The lowest BCUT2D eigenvalue weighted by molar-refractivity contribution is -0.0903. The van der Waals surface area contributed by atoms with E-state index >= 15 is 0 Å². The Balaban J connectivity index is 1.72. The van der Waals surface area contributed by atoms with Crippen molar-refractivity contribution in [3.8, 4) is 0 Å². The maximum atomic E-state index is 5.59. The largest absolute Gasteiger partial charge is 0.383 e. The summed E-state index contributed by atoms with van der Waals surface area (Å²) in [5.41, 5.74) is 0. The molecule has 0 bridgehead atoms. The van der Waals surface area contributed by atoms with Gasteiger partial charge in [-0.15, -0.1) is 10.2 Å². The van der Waals surface area contributed by atoms with Gasteiger partial charge in [0.05, 0.1) is 26.4 Å². The van der Waals surface area contributed by atoms with Crippen LogP contribution in [0.25, 0.3) is 0 Å². The molecule has 1 unspecified atom stereocenters. The molecule has 1 aliphatic heterocycles. The number of hydrogen-bond acceptors (Lipinski definition) is 7. The van der Waals surface area contributed by atoms with Gasteiger partial charge in [0.1, 0.15) is 16.1 Å². The molecule has 1 atom stereocenters. The smallest absolute Gasteiger partial charge is 0.148 e. The van der Waals surface area contributed by atoms with Crippen LogP contribution in [-0.4, -0.2) is 56.8 Å². The Morgan fingerprint density at radius 2 is 2.33 bits per heavy atom. The van der Waals surface area contributed by atoms with E-state index < -0.39 is 0 Å². The Morgan fingerprint density at radius 1 is 1.39 bits per heavy atom. The molecule has 2 rings (SSSR count). The average Bonchev–Trinajstić information content (AvgIpc) is 2.88. The summed E-state index contributed by atoms with van der Waals surface area (Å²) in [6.07, 6.45) is 0.848. The predicted molar refractivity (Wildman–Crippen MR) is 67.9 cm³/mol. The van der Waals surface area contributed by atoms with Gasteiger partial charge in [-0.1, -0.05) is 11.3 Å². The molecule has 102 valence electrons. The van der Waals surface area contributed by atoms with E-state index in [1.807, 2.05) is 0 Å². The van der Waals surface area contributed by atoms with Gasteiger partial charge in [0.2, 0.25) is 0 Å². The molecule has 0 radical (unpaired) electrons. The van der Waals surface area contributed by atoms with Gasteiger partial charge in [-0.25, -0.2) is 0 Å². The van der Waals surface area contributed by atoms with E-state index in [9.17, 15) is 0 Å². The minimum Gasteiger partial charge on any atom is -0.383 e. The van der Waals surface area contributed by atoms with E-state index in [2.05, 4.69) is 15.5 Å². The maximum Gasteiger partial charge on any atom is 0.148 e. The monoisotopic (exact) mass is 273 g/mol. The topological polar surface area (TPSA) is 65.5 Å². The quantitative estimate of drug-likeness (QED) is 0.726. The van der Waals surface area contributed by atoms with Crippen LogP contribution < -0.4 is 5.32 Å². The maximum absolute atomic E-state index is 5.59. The lowest BCUT2D eigenvalue weighted by Gasteiger charge is -2.20. The molecular weight excluding hydrogens is 254 g/mol. The molecule has 1 saturated heterocycles. The third-order valence-corrected chi connectivity index (χ3v) is 3.65. The molecule has 1 fully saturated rings. The van der Waals surface area contributed by atoms with Crippen molar-refractivity contribution < 1.29 is 14.2 Å². The van der Waals surface area contributed by atoms with Crippen LogP contribution in [0.2, 0.25) is 0 Å². The van der Waals surface area contributed by atoms with Crippen molar-refractivity contribution in [2.45, 2.75) is 12.5 Å². The van der Waals surface area contributed by atoms with Crippen molar-refractivity contribution in [2.75, 3.05) is 46.6 Å². The van der Waals surface area contributed by atoms with Gasteiger partial charge in [-0.05, 0) is 0 Å². The molecule has 1 aromatic heterocycles. The number of rotatable bonds is 7. The number of aromatic nitrogens is 2. The first kappa shape index (κ1) is 13.8. The van der Waals surface area contributed by atoms with Gasteiger partial charge in [-0.2, -0.15) is 0 Å². The van der Waals surface area contributed by atoms with E-state index in [0.29, 0.717) is 19.8 Å². The van der Waals surface area contributed by atoms with E-state index in [0.717, 1.165) is 36.1 Å². The van der Waals surface area contributed by atoms with Crippen molar-refractivity contribution >= 4 is 11.3 Å². The molecule has 0 saturated carbocycles. The standard InChI is InChI=1S/C11H19N3O3S/c1-15-5-4-12-3-2-10-13-14-11(18-10)9-8-16-6-7-17-9/h9,12H,2-8H2,1H3. The molecule has 0 spiro atoms. The Hall–Kier alpha value is -0.600. The molecule has 2 heterocycles. The first-order valence-corrected chi connectivity index (χ1v) is 6.93. The summed E-state index contributed by atoms with van der Waals surface area (Å²) < 4.78 is 15.9. The van der Waals surface area contributed by atoms with E-state index in [4.69, 9.17) is 14.2 Å². The molecule has 1 N–H and O–H groups in total. The third kappa shape index (κ3) is 4.25. The second kappa shape index (κ2) is 7.75. The first-order valence-electron chi connectivity index (χ1n) is 6.11. The van der Waals surface area contributed by atoms with Gasteiger partial charge in [0, 0.05) is 26.6 Å². The van der Waals surface area contributed by atoms with Crippen LogP contribution in [0.15, 0.2) is 0 Å². The predicted octanol–water partition coefficient (Wildman–Crippen LogP) is 0.404. The summed E-state index contributed by atoms with van der Waals surface area (Å²) in [4.78, 5) is 0. The van der Waals surface area contributed by atoms with E-state index in [1.54, 1.807) is 18.4 Å². The fraction of sp³-hybridized carbons (Fsp3) is 0.818. The van der Waals surface area contributed by atoms with Crippen molar-refractivity contribution in [1.82, 2.24) is 15.5 Å². The van der Waals surface area contributed by atoms with Crippen molar-refractivity contribution in [3.05, 3.63) is 10.0 Å². The fourth-order valence-corrected chi connectivity index (χ4v) is 2.50. The van der Waals surface area contributed by atoms with Crippen LogP contribution in [0.4, 0.5) is 0 Å². The number of ether oxygens (including phenoxy) is 3. The highest BCUT2D eigenvalue weighted by molar-refractivity contribution is 7.11. The second-order valence-electron chi connectivity index (χ2n) is 3.96. The normalized spacial score (nSPS) is 20.2. The lowest BCUT2D eigenvalue weighted by Crippen LogP contribution is -2.21. The Morgan fingerprint density at radius 3 is 3.11 bits per heavy atom. The SMILES string of the molecule is COCCNCCc1nnc(C2COCCO2)s1. The fourth-order valence-electron chi connectivity index (χ4n) is 1.62. The molecule has 18 heavy (non-hydrogen) atoms. The zero-order valence-corrected chi connectivity index (χ0v) is 11.4. The van der Waals surface area contributed by atoms with Crippen molar-refractivity contribution in [1.29, 1.82) is 0 Å². The molecule has 0 aromatic carbocycles. The van der Waals surface area contributed by atoms with Crippen molar-refractivity contribution in [2.24, 2.45) is 0 Å². The van der Waals surface area contributed by atoms with Crippen LogP contribution in [0.5, 0.6) is 0 Å². The highest BCUT2D eigenvalue weighted by atomic mass is 32.1. The zero-order chi connectivity index (χ0) is 12.6. The van der Waals surface area contributed by atoms with E-state index in [-0.39, 0.29) is 6.10 Å². The summed E-state index contributed by atoms with van der Waals surface area (Å²) in [6, 6.07) is 0. The summed E-state index contributed by atoms with van der Waals surface area (Å²) in [7, 11) is 1.70. The zero-order valence-electron chi connectivity index (χ0n) is 10.6. The minimum atomic E-state index is -0.0357. The van der Waals surface area contributed by atoms with Gasteiger partial charge in [0.25, 0.3) is 0 Å². The Kier molecular flexibility index (Phi) is 5.95. The minimum absolute atomic E-state index is 0.0357. The van der Waals surface area contributed by atoms with Gasteiger partial charge < -0.3 is 19.5 Å². The van der Waals surface area contributed by atoms with Crippen molar-refractivity contribution in [3.63, 3.8) is 0 Å². The van der Waals surface area contributed by atoms with Crippen LogP contribution >= 0.6 is 11.3 Å². The summed E-state index contributed by atoms with van der Waals surface area (Å²) in [5.74, 6) is 0. The number of nitrogens with one attached hydrogen (secondary N) is 1. The lowest BCUT2D eigenvalue weighted by atomic mass is 10.4. The molecular formula is C11H19N3O3S. The number of nitrogens with zero attached hydrogens (tertiary/aromatic N) is 2. The molecule has 1 aromatic rings. The van der Waals surface area contributed by atoms with Gasteiger partial charge >= 0.3 is 0 Å². The van der Waals surface area contributed by atoms with Gasteiger partial charge in [0.15, 0.2) is 0 Å². The number of methoxy groups -OCH3 is 1. The highest BCUT2D eigenvalue weighted by Crippen LogP contribution is 2.23. The Bertz CT molecular complexity index is 342. The van der Waals surface area contributed by atoms with Crippen LogP contribution in [0.1, 0.15) is 16.1 Å². The number of hydrogen-bond donors (Lipinski definition) is 1. The second-order valence-corrected chi connectivity index (χ2v) is 5.05. The summed E-state index contributed by atoms with van der Waals surface area (Å²) in [6.45, 7) is 4.38. The highest BCUT2D eigenvalue weighted by Gasteiger charge is 2.20. The summed E-state index contributed by atoms with van der Waals surface area (Å²) in [5, 5.41) is 13.6. The van der Waals surface area contributed by atoms with Gasteiger partial charge in [-0.3, -0.25) is 0 Å².